The highest BCUT2D eigenvalue weighted by Crippen LogP contribution is 2.05. The summed E-state index contributed by atoms with van der Waals surface area (Å²) in [6.07, 6.45) is 0.980. The minimum Gasteiger partial charge on any atom is -0.481 e. The first-order valence-electron chi connectivity index (χ1n) is 5.68. The quantitative estimate of drug-likeness (QED) is 0.555. The summed E-state index contributed by atoms with van der Waals surface area (Å²) in [5, 5.41) is 11.6. The van der Waals surface area contributed by atoms with Crippen molar-refractivity contribution in [2.24, 2.45) is 0 Å². The van der Waals surface area contributed by atoms with Crippen LogP contribution in [-0.4, -0.2) is 29.9 Å². The minimum absolute atomic E-state index is 0.0114. The van der Waals surface area contributed by atoms with E-state index in [1.54, 1.807) is 24.3 Å². The zero-order valence-corrected chi connectivity index (χ0v) is 9.90. The fourth-order valence-corrected chi connectivity index (χ4v) is 1.46. The van der Waals surface area contributed by atoms with E-state index < -0.39 is 5.97 Å². The third-order valence-corrected chi connectivity index (χ3v) is 2.34. The lowest BCUT2D eigenvalue weighted by molar-refractivity contribution is -0.136. The van der Waals surface area contributed by atoms with Gasteiger partial charge < -0.3 is 10.4 Å². The van der Waals surface area contributed by atoms with Crippen molar-refractivity contribution in [2.45, 2.75) is 19.8 Å². The molecule has 0 radical (unpaired) electrons. The molecule has 1 aromatic rings. The Labute approximate surface area is 101 Å². The normalized spacial score (nSPS) is 10.2. The summed E-state index contributed by atoms with van der Waals surface area (Å²) in [6.45, 7) is 3.19. The van der Waals surface area contributed by atoms with Gasteiger partial charge in [0.1, 0.15) is 0 Å². The van der Waals surface area contributed by atoms with Gasteiger partial charge >= 0.3 is 5.97 Å². The number of carboxylic acid groups (broad SMARTS) is 1. The number of hydrogen-bond acceptors (Lipinski definition) is 3. The van der Waals surface area contributed by atoms with Crippen LogP contribution < -0.4 is 5.32 Å². The summed E-state index contributed by atoms with van der Waals surface area (Å²) in [7, 11) is 0. The van der Waals surface area contributed by atoms with Gasteiger partial charge in [-0.3, -0.25) is 9.59 Å². The summed E-state index contributed by atoms with van der Waals surface area (Å²) in [4.78, 5) is 22.2. The zero-order valence-electron chi connectivity index (χ0n) is 9.90. The van der Waals surface area contributed by atoms with Gasteiger partial charge in [0.05, 0.1) is 13.0 Å². The van der Waals surface area contributed by atoms with Gasteiger partial charge in [0.15, 0.2) is 5.78 Å². The highest BCUT2D eigenvalue weighted by molar-refractivity contribution is 5.97. The Morgan fingerprint density at radius 3 is 2.41 bits per heavy atom. The van der Waals surface area contributed by atoms with Gasteiger partial charge in [0, 0.05) is 5.56 Å². The molecule has 4 heteroatoms. The Balaban J connectivity index is 2.54. The molecule has 0 amide bonds. The second-order valence-electron chi connectivity index (χ2n) is 3.87. The number of Topliss-reactive ketones (excluding diaryl/α,β-unsaturated/α-hetero) is 1. The van der Waals surface area contributed by atoms with Crippen molar-refractivity contribution in [3.05, 3.63) is 35.4 Å². The van der Waals surface area contributed by atoms with Gasteiger partial charge in [0.2, 0.25) is 0 Å². The molecule has 0 bridgehead atoms. The standard InChI is InChI=1S/C13H17NO3/c1-2-7-14-9-12(15)11-5-3-10(4-6-11)8-13(16)17/h3-6,14H,2,7-9H2,1H3,(H,16,17). The molecule has 0 aliphatic heterocycles. The molecule has 0 fully saturated rings. The van der Waals surface area contributed by atoms with Crippen LogP contribution in [0.3, 0.4) is 0 Å². The molecule has 1 aromatic carbocycles. The molecule has 0 aliphatic carbocycles. The van der Waals surface area contributed by atoms with Gasteiger partial charge in [-0.15, -0.1) is 0 Å². The van der Waals surface area contributed by atoms with E-state index in [-0.39, 0.29) is 12.2 Å². The van der Waals surface area contributed by atoms with Gasteiger partial charge in [-0.1, -0.05) is 31.2 Å². The summed E-state index contributed by atoms with van der Waals surface area (Å²) >= 11 is 0. The van der Waals surface area contributed by atoms with Crippen molar-refractivity contribution in [2.75, 3.05) is 13.1 Å². The summed E-state index contributed by atoms with van der Waals surface area (Å²) in [6, 6.07) is 6.71. The second-order valence-corrected chi connectivity index (χ2v) is 3.87. The van der Waals surface area contributed by atoms with Gasteiger partial charge in [-0.25, -0.2) is 0 Å². The number of hydrogen-bond donors (Lipinski definition) is 2. The molecule has 0 aliphatic rings. The van der Waals surface area contributed by atoms with Crippen LogP contribution in [0.25, 0.3) is 0 Å². The number of rotatable bonds is 7. The van der Waals surface area contributed by atoms with Crippen LogP contribution in [0.15, 0.2) is 24.3 Å². The smallest absolute Gasteiger partial charge is 0.307 e. The fourth-order valence-electron chi connectivity index (χ4n) is 1.46. The van der Waals surface area contributed by atoms with Crippen molar-refractivity contribution < 1.29 is 14.7 Å². The van der Waals surface area contributed by atoms with Gasteiger partial charge in [-0.2, -0.15) is 0 Å². The Morgan fingerprint density at radius 1 is 1.24 bits per heavy atom. The monoisotopic (exact) mass is 235 g/mol. The maximum atomic E-state index is 11.7. The lowest BCUT2D eigenvalue weighted by Gasteiger charge is -2.03. The third-order valence-electron chi connectivity index (χ3n) is 2.34. The number of carbonyl (C=O) groups excluding carboxylic acids is 1. The topological polar surface area (TPSA) is 66.4 Å². The first kappa shape index (κ1) is 13.4. The fraction of sp³-hybridized carbons (Fsp3) is 0.385. The van der Waals surface area contributed by atoms with Crippen LogP contribution >= 0.6 is 0 Å². The molecule has 2 N–H and O–H groups in total. The molecule has 0 saturated carbocycles. The molecule has 0 unspecified atom stereocenters. The molecular formula is C13H17NO3. The van der Waals surface area contributed by atoms with Crippen molar-refractivity contribution >= 4 is 11.8 Å². The number of nitrogens with one attached hydrogen (secondary N) is 1. The van der Waals surface area contributed by atoms with E-state index in [1.807, 2.05) is 6.92 Å². The first-order valence-corrected chi connectivity index (χ1v) is 5.68. The van der Waals surface area contributed by atoms with Gasteiger partial charge in [-0.05, 0) is 18.5 Å². The van der Waals surface area contributed by atoms with Crippen LogP contribution in [0.1, 0.15) is 29.3 Å². The Morgan fingerprint density at radius 2 is 1.88 bits per heavy atom. The van der Waals surface area contributed by atoms with Crippen LogP contribution in [0, 0.1) is 0 Å². The van der Waals surface area contributed by atoms with E-state index in [1.165, 1.54) is 0 Å². The van der Waals surface area contributed by atoms with E-state index in [2.05, 4.69) is 5.32 Å². The molecule has 1 rings (SSSR count). The van der Waals surface area contributed by atoms with Crippen molar-refractivity contribution in [3.63, 3.8) is 0 Å². The Kier molecular flexibility index (Phi) is 5.36. The third kappa shape index (κ3) is 4.78. The lowest BCUT2D eigenvalue weighted by atomic mass is 10.1. The summed E-state index contributed by atoms with van der Waals surface area (Å²) < 4.78 is 0. The molecule has 0 spiro atoms. The van der Waals surface area contributed by atoms with Crippen LogP contribution in [0.4, 0.5) is 0 Å². The zero-order chi connectivity index (χ0) is 12.7. The number of carboxylic acids is 1. The van der Waals surface area contributed by atoms with Gasteiger partial charge in [0.25, 0.3) is 0 Å². The SMILES string of the molecule is CCCNCC(=O)c1ccc(CC(=O)O)cc1. The molecule has 92 valence electrons. The average molecular weight is 235 g/mol. The van der Waals surface area contributed by atoms with Crippen molar-refractivity contribution in [1.29, 1.82) is 0 Å². The molecule has 0 aromatic heterocycles. The van der Waals surface area contributed by atoms with E-state index in [0.717, 1.165) is 13.0 Å². The van der Waals surface area contributed by atoms with Crippen LogP contribution in [0.5, 0.6) is 0 Å². The van der Waals surface area contributed by atoms with E-state index in [9.17, 15) is 9.59 Å². The number of carbonyl (C=O) groups is 2. The Bertz CT molecular complexity index is 384. The molecule has 0 heterocycles. The predicted octanol–water partition coefficient (Wildman–Crippen LogP) is 1.50. The largest absolute Gasteiger partial charge is 0.481 e. The first-order chi connectivity index (χ1) is 8.13. The molecular weight excluding hydrogens is 218 g/mol. The highest BCUT2D eigenvalue weighted by atomic mass is 16.4. The van der Waals surface area contributed by atoms with Crippen molar-refractivity contribution in [1.82, 2.24) is 5.32 Å². The maximum absolute atomic E-state index is 11.7. The molecule has 0 atom stereocenters. The van der Waals surface area contributed by atoms with Crippen LogP contribution in [0.2, 0.25) is 0 Å². The van der Waals surface area contributed by atoms with Crippen molar-refractivity contribution in [3.8, 4) is 0 Å². The highest BCUT2D eigenvalue weighted by Gasteiger charge is 2.06. The molecule has 17 heavy (non-hydrogen) atoms. The number of ketones is 1. The van der Waals surface area contributed by atoms with E-state index in [0.29, 0.717) is 17.7 Å². The van der Waals surface area contributed by atoms with Crippen LogP contribution in [-0.2, 0) is 11.2 Å². The molecule has 0 saturated heterocycles. The number of benzene rings is 1. The summed E-state index contributed by atoms with van der Waals surface area (Å²) in [5.41, 5.74) is 1.32. The second kappa shape index (κ2) is 6.81. The lowest BCUT2D eigenvalue weighted by Crippen LogP contribution is -2.23. The Hall–Kier alpha value is -1.68. The summed E-state index contributed by atoms with van der Waals surface area (Å²) in [5.74, 6) is -0.839. The minimum atomic E-state index is -0.867. The van der Waals surface area contributed by atoms with E-state index in [4.69, 9.17) is 5.11 Å². The molecule has 4 nitrogen and oxygen atoms in total. The maximum Gasteiger partial charge on any atom is 0.307 e. The predicted molar refractivity (Wildman–Crippen MR) is 65.3 cm³/mol. The average Bonchev–Trinajstić information content (AvgIpc) is 2.29. The number of aliphatic carboxylic acids is 1. The van der Waals surface area contributed by atoms with E-state index >= 15 is 0 Å².